The summed E-state index contributed by atoms with van der Waals surface area (Å²) in [6.07, 6.45) is 1.57. The van der Waals surface area contributed by atoms with Crippen molar-refractivity contribution in [3.8, 4) is 0 Å². The summed E-state index contributed by atoms with van der Waals surface area (Å²) in [7, 11) is 3.14. The third-order valence-electron chi connectivity index (χ3n) is 2.10. The first-order valence-electron chi connectivity index (χ1n) is 4.49. The van der Waals surface area contributed by atoms with Crippen molar-refractivity contribution in [2.45, 2.75) is 0 Å². The number of nitrogens with one attached hydrogen (secondary N) is 2. The normalized spacial score (nSPS) is 9.53. The zero-order chi connectivity index (χ0) is 11.4. The van der Waals surface area contributed by atoms with Gasteiger partial charge in [0.1, 0.15) is 5.82 Å². The second-order valence-electron chi connectivity index (χ2n) is 2.95. The van der Waals surface area contributed by atoms with E-state index < -0.39 is 11.7 Å². The SMILES string of the molecule is C=Cc1cc(C(=O)NC)c(F)cc1NC. The first-order chi connectivity index (χ1) is 7.13. The Hall–Kier alpha value is -1.84. The van der Waals surface area contributed by atoms with Gasteiger partial charge in [0.2, 0.25) is 0 Å². The Labute approximate surface area is 88.0 Å². The lowest BCUT2D eigenvalue weighted by Gasteiger charge is -2.09. The zero-order valence-electron chi connectivity index (χ0n) is 8.73. The summed E-state index contributed by atoms with van der Waals surface area (Å²) in [6.45, 7) is 3.60. The molecule has 1 aromatic rings. The quantitative estimate of drug-likeness (QED) is 0.796. The van der Waals surface area contributed by atoms with Crippen LogP contribution < -0.4 is 10.6 Å². The summed E-state index contributed by atoms with van der Waals surface area (Å²) in [5.74, 6) is -0.998. The Kier molecular flexibility index (Phi) is 3.44. The van der Waals surface area contributed by atoms with Crippen LogP contribution in [0.4, 0.5) is 10.1 Å². The second-order valence-corrected chi connectivity index (χ2v) is 2.95. The summed E-state index contributed by atoms with van der Waals surface area (Å²) < 4.78 is 13.5. The number of hydrogen-bond donors (Lipinski definition) is 2. The molecule has 1 amide bonds. The number of carbonyl (C=O) groups is 1. The molecular weight excluding hydrogens is 195 g/mol. The number of carbonyl (C=O) groups excluding carboxylic acids is 1. The fraction of sp³-hybridized carbons (Fsp3) is 0.182. The molecule has 0 aliphatic heterocycles. The molecule has 1 rings (SSSR count). The van der Waals surface area contributed by atoms with Gasteiger partial charge in [-0.15, -0.1) is 0 Å². The molecule has 15 heavy (non-hydrogen) atoms. The molecule has 0 spiro atoms. The molecule has 1 aromatic carbocycles. The average molecular weight is 208 g/mol. The van der Waals surface area contributed by atoms with Crippen LogP contribution in [0.1, 0.15) is 15.9 Å². The van der Waals surface area contributed by atoms with Gasteiger partial charge in [0, 0.05) is 19.8 Å². The van der Waals surface area contributed by atoms with E-state index >= 15 is 0 Å². The van der Waals surface area contributed by atoms with E-state index in [1.165, 1.54) is 19.2 Å². The summed E-state index contributed by atoms with van der Waals surface area (Å²) in [5, 5.41) is 5.21. The zero-order valence-corrected chi connectivity index (χ0v) is 8.73. The Morgan fingerprint density at radius 2 is 2.13 bits per heavy atom. The molecule has 0 aliphatic carbocycles. The largest absolute Gasteiger partial charge is 0.388 e. The minimum Gasteiger partial charge on any atom is -0.388 e. The highest BCUT2D eigenvalue weighted by Crippen LogP contribution is 2.21. The van der Waals surface area contributed by atoms with Crippen molar-refractivity contribution in [1.82, 2.24) is 5.32 Å². The molecule has 0 aromatic heterocycles. The highest BCUT2D eigenvalue weighted by molar-refractivity contribution is 5.95. The Morgan fingerprint density at radius 3 is 2.60 bits per heavy atom. The number of anilines is 1. The maximum atomic E-state index is 13.5. The van der Waals surface area contributed by atoms with Crippen molar-refractivity contribution >= 4 is 17.7 Å². The van der Waals surface area contributed by atoms with Gasteiger partial charge < -0.3 is 10.6 Å². The van der Waals surface area contributed by atoms with Crippen LogP contribution in [0.5, 0.6) is 0 Å². The van der Waals surface area contributed by atoms with Crippen LogP contribution >= 0.6 is 0 Å². The van der Waals surface area contributed by atoms with E-state index in [9.17, 15) is 9.18 Å². The molecule has 0 aliphatic rings. The minimum absolute atomic E-state index is 0.0198. The lowest BCUT2D eigenvalue weighted by molar-refractivity contribution is 0.0959. The van der Waals surface area contributed by atoms with Crippen LogP contribution in [-0.2, 0) is 0 Å². The smallest absolute Gasteiger partial charge is 0.254 e. The van der Waals surface area contributed by atoms with Crippen molar-refractivity contribution in [2.75, 3.05) is 19.4 Å². The van der Waals surface area contributed by atoms with Crippen molar-refractivity contribution < 1.29 is 9.18 Å². The molecule has 0 heterocycles. The van der Waals surface area contributed by atoms with E-state index in [1.807, 2.05) is 0 Å². The minimum atomic E-state index is -0.552. The van der Waals surface area contributed by atoms with Gasteiger partial charge in [-0.3, -0.25) is 4.79 Å². The van der Waals surface area contributed by atoms with E-state index in [-0.39, 0.29) is 5.56 Å². The van der Waals surface area contributed by atoms with Crippen LogP contribution in [0, 0.1) is 5.82 Å². The van der Waals surface area contributed by atoms with Crippen molar-refractivity contribution in [2.24, 2.45) is 0 Å². The second kappa shape index (κ2) is 4.59. The predicted molar refractivity (Wildman–Crippen MR) is 59.4 cm³/mol. The van der Waals surface area contributed by atoms with Gasteiger partial charge in [-0.05, 0) is 17.7 Å². The van der Waals surface area contributed by atoms with Gasteiger partial charge in [0.05, 0.1) is 5.56 Å². The number of benzene rings is 1. The Bertz CT molecular complexity index is 402. The third kappa shape index (κ3) is 2.15. The molecule has 0 saturated heterocycles. The van der Waals surface area contributed by atoms with Gasteiger partial charge in [0.15, 0.2) is 0 Å². The highest BCUT2D eigenvalue weighted by atomic mass is 19.1. The topological polar surface area (TPSA) is 41.1 Å². The molecule has 4 heteroatoms. The summed E-state index contributed by atoms with van der Waals surface area (Å²) in [5.41, 5.74) is 1.32. The predicted octanol–water partition coefficient (Wildman–Crippen LogP) is 1.87. The van der Waals surface area contributed by atoms with Crippen LogP contribution in [0.15, 0.2) is 18.7 Å². The maximum absolute atomic E-state index is 13.5. The number of hydrogen-bond acceptors (Lipinski definition) is 2. The van der Waals surface area contributed by atoms with Crippen LogP contribution in [0.2, 0.25) is 0 Å². The molecule has 0 fully saturated rings. The summed E-state index contributed by atoms with van der Waals surface area (Å²) in [4.78, 5) is 11.3. The molecule has 3 nitrogen and oxygen atoms in total. The molecule has 2 N–H and O–H groups in total. The van der Waals surface area contributed by atoms with E-state index in [4.69, 9.17) is 0 Å². The number of halogens is 1. The van der Waals surface area contributed by atoms with Gasteiger partial charge in [-0.1, -0.05) is 12.7 Å². The summed E-state index contributed by atoms with van der Waals surface area (Å²) >= 11 is 0. The van der Waals surface area contributed by atoms with Gasteiger partial charge in [0.25, 0.3) is 5.91 Å². The van der Waals surface area contributed by atoms with E-state index in [0.717, 1.165) is 0 Å². The van der Waals surface area contributed by atoms with Crippen LogP contribution in [0.25, 0.3) is 6.08 Å². The maximum Gasteiger partial charge on any atom is 0.254 e. The lowest BCUT2D eigenvalue weighted by atomic mass is 10.1. The van der Waals surface area contributed by atoms with Gasteiger partial charge >= 0.3 is 0 Å². The Balaban J connectivity index is 3.31. The van der Waals surface area contributed by atoms with Gasteiger partial charge in [-0.2, -0.15) is 0 Å². The van der Waals surface area contributed by atoms with E-state index in [2.05, 4.69) is 17.2 Å². The highest BCUT2D eigenvalue weighted by Gasteiger charge is 2.12. The monoisotopic (exact) mass is 208 g/mol. The number of rotatable bonds is 3. The van der Waals surface area contributed by atoms with Crippen LogP contribution in [0.3, 0.4) is 0 Å². The van der Waals surface area contributed by atoms with Crippen molar-refractivity contribution in [3.05, 3.63) is 35.7 Å². The van der Waals surface area contributed by atoms with Gasteiger partial charge in [-0.25, -0.2) is 4.39 Å². The van der Waals surface area contributed by atoms with Crippen LogP contribution in [-0.4, -0.2) is 20.0 Å². The molecule has 0 bridgehead atoms. The third-order valence-corrected chi connectivity index (χ3v) is 2.10. The first-order valence-corrected chi connectivity index (χ1v) is 4.49. The molecular formula is C11H13FN2O. The molecule has 0 saturated carbocycles. The Morgan fingerprint density at radius 1 is 1.47 bits per heavy atom. The number of amides is 1. The molecule has 0 radical (unpaired) electrons. The lowest BCUT2D eigenvalue weighted by Crippen LogP contribution is -2.19. The summed E-state index contributed by atoms with van der Waals surface area (Å²) in [6, 6.07) is 2.74. The fourth-order valence-electron chi connectivity index (χ4n) is 1.28. The molecule has 0 atom stereocenters. The fourth-order valence-corrected chi connectivity index (χ4v) is 1.28. The van der Waals surface area contributed by atoms with E-state index in [1.54, 1.807) is 13.1 Å². The average Bonchev–Trinajstić information content (AvgIpc) is 2.27. The van der Waals surface area contributed by atoms with E-state index in [0.29, 0.717) is 11.3 Å². The standard InChI is InChI=1S/C11H13FN2O/c1-4-7-5-8(11(15)14-3)9(12)6-10(7)13-2/h4-6,13H,1H2,2-3H3,(H,14,15). The first kappa shape index (κ1) is 11.2. The molecule has 80 valence electrons. The van der Waals surface area contributed by atoms with Crippen molar-refractivity contribution in [3.63, 3.8) is 0 Å². The molecule has 0 unspecified atom stereocenters. The van der Waals surface area contributed by atoms with Crippen molar-refractivity contribution in [1.29, 1.82) is 0 Å².